The SMILES string of the molecule is O=C1NC(=S)N(c2cccc(Cl)c2Cl)C(=O)/C1=C/c1ccc(N2CCCC2)o1. The lowest BCUT2D eigenvalue weighted by Gasteiger charge is -2.29. The summed E-state index contributed by atoms with van der Waals surface area (Å²) in [6.07, 6.45) is 3.64. The maximum Gasteiger partial charge on any atom is 0.270 e. The molecule has 1 aromatic heterocycles. The van der Waals surface area contributed by atoms with Gasteiger partial charge in [0.05, 0.1) is 15.7 Å². The van der Waals surface area contributed by atoms with Gasteiger partial charge in [0.25, 0.3) is 11.8 Å². The summed E-state index contributed by atoms with van der Waals surface area (Å²) in [6, 6.07) is 8.41. The summed E-state index contributed by atoms with van der Waals surface area (Å²) in [5, 5.41) is 2.90. The Bertz CT molecular complexity index is 1010. The second kappa shape index (κ2) is 7.58. The van der Waals surface area contributed by atoms with Crippen LogP contribution in [0.2, 0.25) is 10.0 Å². The van der Waals surface area contributed by atoms with Crippen LogP contribution < -0.4 is 15.1 Å². The zero-order valence-corrected chi connectivity index (χ0v) is 16.9. The first-order valence-corrected chi connectivity index (χ1v) is 9.82. The Morgan fingerprint density at radius 3 is 2.61 bits per heavy atom. The number of nitrogens with one attached hydrogen (secondary N) is 1. The standard InChI is InChI=1S/C19H15Cl2N3O3S/c20-13-4-3-5-14(16(13)21)24-18(26)12(17(25)22-19(24)28)10-11-6-7-15(27-11)23-8-1-2-9-23/h3-7,10H,1-2,8-9H2,(H,22,25,28)/b12-10+. The van der Waals surface area contributed by atoms with Crippen LogP contribution in [0.25, 0.3) is 6.08 Å². The van der Waals surface area contributed by atoms with Crippen LogP contribution in [0.15, 0.2) is 40.3 Å². The molecular weight excluding hydrogens is 421 g/mol. The summed E-state index contributed by atoms with van der Waals surface area (Å²) in [5.74, 6) is -0.0656. The Morgan fingerprint density at radius 1 is 1.11 bits per heavy atom. The van der Waals surface area contributed by atoms with Gasteiger partial charge in [-0.05, 0) is 49.3 Å². The van der Waals surface area contributed by atoms with Crippen LogP contribution in [-0.4, -0.2) is 30.0 Å². The van der Waals surface area contributed by atoms with E-state index in [4.69, 9.17) is 39.8 Å². The van der Waals surface area contributed by atoms with Crippen molar-refractivity contribution in [3.8, 4) is 0 Å². The summed E-state index contributed by atoms with van der Waals surface area (Å²) in [6.45, 7) is 1.86. The molecule has 0 atom stereocenters. The second-order valence-corrected chi connectivity index (χ2v) is 7.57. The first kappa shape index (κ1) is 19.0. The first-order chi connectivity index (χ1) is 13.5. The molecule has 28 heavy (non-hydrogen) atoms. The minimum absolute atomic E-state index is 0.0616. The van der Waals surface area contributed by atoms with E-state index >= 15 is 0 Å². The van der Waals surface area contributed by atoms with Crippen LogP contribution in [0.3, 0.4) is 0 Å². The second-order valence-electron chi connectivity index (χ2n) is 6.40. The Balaban J connectivity index is 1.68. The number of rotatable bonds is 3. The summed E-state index contributed by atoms with van der Waals surface area (Å²) in [5.41, 5.74) is 0.194. The monoisotopic (exact) mass is 435 g/mol. The number of nitrogens with zero attached hydrogens (tertiary/aromatic N) is 2. The number of hydrogen-bond acceptors (Lipinski definition) is 5. The van der Waals surface area contributed by atoms with Crippen LogP contribution in [0.5, 0.6) is 0 Å². The van der Waals surface area contributed by atoms with E-state index in [1.807, 2.05) is 6.07 Å². The maximum atomic E-state index is 13.0. The van der Waals surface area contributed by atoms with Crippen molar-refractivity contribution in [3.05, 3.63) is 51.7 Å². The van der Waals surface area contributed by atoms with Crippen molar-refractivity contribution < 1.29 is 14.0 Å². The summed E-state index contributed by atoms with van der Waals surface area (Å²) in [4.78, 5) is 28.7. The van der Waals surface area contributed by atoms with E-state index in [-0.39, 0.29) is 20.7 Å². The molecule has 2 amide bonds. The highest BCUT2D eigenvalue weighted by Gasteiger charge is 2.36. The van der Waals surface area contributed by atoms with Crippen LogP contribution >= 0.6 is 35.4 Å². The van der Waals surface area contributed by atoms with E-state index < -0.39 is 11.8 Å². The van der Waals surface area contributed by atoms with Gasteiger partial charge in [-0.3, -0.25) is 19.8 Å². The molecule has 0 saturated carbocycles. The van der Waals surface area contributed by atoms with Crippen LogP contribution in [0.1, 0.15) is 18.6 Å². The number of thiocarbonyl (C=S) groups is 1. The lowest BCUT2D eigenvalue weighted by molar-refractivity contribution is -0.122. The normalized spacial score (nSPS) is 18.9. The number of furan rings is 1. The van der Waals surface area contributed by atoms with Crippen LogP contribution in [0, 0.1) is 0 Å². The number of hydrogen-bond donors (Lipinski definition) is 1. The van der Waals surface area contributed by atoms with Gasteiger partial charge in [-0.25, -0.2) is 0 Å². The first-order valence-electron chi connectivity index (χ1n) is 8.66. The number of amides is 2. The van der Waals surface area contributed by atoms with Crippen molar-refractivity contribution in [1.29, 1.82) is 0 Å². The van der Waals surface area contributed by atoms with Gasteiger partial charge in [-0.1, -0.05) is 29.3 Å². The fourth-order valence-corrected chi connectivity index (χ4v) is 3.86. The Hall–Kier alpha value is -2.35. The molecule has 1 N–H and O–H groups in total. The van der Waals surface area contributed by atoms with E-state index in [9.17, 15) is 9.59 Å². The predicted molar refractivity (Wildman–Crippen MR) is 113 cm³/mol. The molecular formula is C19H15Cl2N3O3S. The smallest absolute Gasteiger partial charge is 0.270 e. The van der Waals surface area contributed by atoms with Crippen LogP contribution in [0.4, 0.5) is 11.6 Å². The molecule has 9 heteroatoms. The van der Waals surface area contributed by atoms with Gasteiger partial charge in [0.1, 0.15) is 11.3 Å². The van der Waals surface area contributed by atoms with Gasteiger partial charge in [0, 0.05) is 19.2 Å². The van der Waals surface area contributed by atoms with Crippen molar-refractivity contribution in [2.75, 3.05) is 22.9 Å². The molecule has 2 aliphatic rings. The molecule has 0 radical (unpaired) electrons. The van der Waals surface area contributed by atoms with Crippen molar-refractivity contribution in [1.82, 2.24) is 5.32 Å². The van der Waals surface area contributed by atoms with Crippen molar-refractivity contribution in [2.45, 2.75) is 12.8 Å². The van der Waals surface area contributed by atoms with Crippen LogP contribution in [-0.2, 0) is 9.59 Å². The fraction of sp³-hybridized carbons (Fsp3) is 0.211. The van der Waals surface area contributed by atoms with Crippen molar-refractivity contribution in [2.24, 2.45) is 0 Å². The molecule has 6 nitrogen and oxygen atoms in total. The molecule has 0 unspecified atom stereocenters. The lowest BCUT2D eigenvalue weighted by atomic mass is 10.1. The Morgan fingerprint density at radius 2 is 1.86 bits per heavy atom. The van der Waals surface area contributed by atoms with Crippen molar-refractivity contribution in [3.63, 3.8) is 0 Å². The Kier molecular flexibility index (Phi) is 5.14. The maximum absolute atomic E-state index is 13.0. The largest absolute Gasteiger partial charge is 0.441 e. The van der Waals surface area contributed by atoms with E-state index in [1.165, 1.54) is 6.08 Å². The lowest BCUT2D eigenvalue weighted by Crippen LogP contribution is -2.54. The molecule has 2 fully saturated rings. The molecule has 2 aromatic rings. The number of benzene rings is 1. The zero-order chi connectivity index (χ0) is 19.8. The van der Waals surface area contributed by atoms with Gasteiger partial charge in [-0.2, -0.15) is 0 Å². The Labute approximate surface area is 176 Å². The minimum atomic E-state index is -0.600. The molecule has 2 aliphatic heterocycles. The van der Waals surface area contributed by atoms with Gasteiger partial charge < -0.3 is 9.32 Å². The summed E-state index contributed by atoms with van der Waals surface area (Å²) in [7, 11) is 0. The minimum Gasteiger partial charge on any atom is -0.441 e. The molecule has 4 rings (SSSR count). The molecule has 3 heterocycles. The van der Waals surface area contributed by atoms with Gasteiger partial charge in [-0.15, -0.1) is 0 Å². The third kappa shape index (κ3) is 3.41. The highest BCUT2D eigenvalue weighted by atomic mass is 35.5. The van der Waals surface area contributed by atoms with Gasteiger partial charge in [0.15, 0.2) is 11.0 Å². The molecule has 1 aromatic carbocycles. The number of halogens is 2. The zero-order valence-electron chi connectivity index (χ0n) is 14.6. The summed E-state index contributed by atoms with van der Waals surface area (Å²) < 4.78 is 5.80. The van der Waals surface area contributed by atoms with E-state index in [0.29, 0.717) is 11.4 Å². The molecule has 144 valence electrons. The topological polar surface area (TPSA) is 65.8 Å². The predicted octanol–water partition coefficient (Wildman–Crippen LogP) is 4.02. The van der Waals surface area contributed by atoms with E-state index in [1.54, 1.807) is 24.3 Å². The van der Waals surface area contributed by atoms with E-state index in [2.05, 4.69) is 10.2 Å². The summed E-state index contributed by atoms with van der Waals surface area (Å²) >= 11 is 17.5. The number of carbonyl (C=O) groups excluding carboxylic acids is 2. The van der Waals surface area contributed by atoms with Crippen molar-refractivity contribution >= 4 is 70.0 Å². The van der Waals surface area contributed by atoms with Gasteiger partial charge in [0.2, 0.25) is 0 Å². The average Bonchev–Trinajstić information content (AvgIpc) is 3.33. The van der Waals surface area contributed by atoms with E-state index in [0.717, 1.165) is 36.7 Å². The molecule has 0 aliphatic carbocycles. The van der Waals surface area contributed by atoms with Gasteiger partial charge >= 0.3 is 0 Å². The highest BCUT2D eigenvalue weighted by Crippen LogP contribution is 2.34. The average molecular weight is 436 g/mol. The molecule has 0 spiro atoms. The fourth-order valence-electron chi connectivity index (χ4n) is 3.21. The number of anilines is 2. The quantitative estimate of drug-likeness (QED) is 0.448. The molecule has 2 saturated heterocycles. The highest BCUT2D eigenvalue weighted by molar-refractivity contribution is 7.80. The third-order valence-electron chi connectivity index (χ3n) is 4.59. The third-order valence-corrected chi connectivity index (χ3v) is 5.68. The molecule has 0 bridgehead atoms. The number of carbonyl (C=O) groups is 2.